The highest BCUT2D eigenvalue weighted by molar-refractivity contribution is 8.01. The lowest BCUT2D eigenvalue weighted by molar-refractivity contribution is -0.162. The van der Waals surface area contributed by atoms with Crippen LogP contribution in [0, 0.1) is 5.41 Å². The average Bonchev–Trinajstić information content (AvgIpc) is 3.52. The molecule has 8 N–H and O–H groups in total. The molecule has 216 valence electrons. The lowest BCUT2D eigenvalue weighted by Gasteiger charge is -2.37. The first-order valence-corrected chi connectivity index (χ1v) is 14.0. The van der Waals surface area contributed by atoms with Gasteiger partial charge >= 0.3 is 12.0 Å². The van der Waals surface area contributed by atoms with Crippen LogP contribution in [-0.2, 0) is 14.3 Å². The first-order valence-electron chi connectivity index (χ1n) is 13.0. The number of thioether (sulfide) groups is 1. The van der Waals surface area contributed by atoms with Gasteiger partial charge in [0.2, 0.25) is 0 Å². The van der Waals surface area contributed by atoms with E-state index in [0.29, 0.717) is 18.6 Å². The molecule has 0 radical (unpaired) electrons. The summed E-state index contributed by atoms with van der Waals surface area (Å²) in [5.41, 5.74) is 1.23. The second-order valence-electron chi connectivity index (χ2n) is 11.5. The maximum Gasteiger partial charge on any atom is 0.315 e. The fraction of sp³-hybridized carbons (Fsp3) is 0.667. The van der Waals surface area contributed by atoms with Crippen LogP contribution in [0.4, 0.5) is 10.6 Å². The molecule has 15 nitrogen and oxygen atoms in total. The molecule has 1 unspecified atom stereocenters. The van der Waals surface area contributed by atoms with Gasteiger partial charge in [0.1, 0.15) is 35.3 Å². The van der Waals surface area contributed by atoms with Gasteiger partial charge in [-0.05, 0) is 12.8 Å². The summed E-state index contributed by atoms with van der Waals surface area (Å²) >= 11 is 1.27. The highest BCUT2D eigenvalue weighted by Crippen LogP contribution is 2.76. The minimum atomic E-state index is -2.03. The van der Waals surface area contributed by atoms with Crippen molar-refractivity contribution in [3.05, 3.63) is 12.7 Å². The number of aliphatic hydroxyl groups is 3. The molecule has 6 rings (SSSR count). The Labute approximate surface area is 231 Å². The van der Waals surface area contributed by atoms with Crippen LogP contribution in [0.25, 0.3) is 11.2 Å². The van der Waals surface area contributed by atoms with E-state index in [1.165, 1.54) is 29.0 Å². The lowest BCUT2D eigenvalue weighted by Crippen LogP contribution is -2.59. The number of carboxylic acid groups (broad SMARTS) is 1. The van der Waals surface area contributed by atoms with Gasteiger partial charge in [0.05, 0.1) is 23.2 Å². The van der Waals surface area contributed by atoms with E-state index in [2.05, 4.69) is 25.6 Å². The Morgan fingerprint density at radius 2 is 1.98 bits per heavy atom. The summed E-state index contributed by atoms with van der Waals surface area (Å²) in [5.74, 6) is -1.13. The smallest absolute Gasteiger partial charge is 0.315 e. The second-order valence-corrected chi connectivity index (χ2v) is 12.8. The molecular formula is C24H31N7O8S. The standard InChI is InChI=1S/C24H31N7O8S/c1-21(2)23(37)16(39-19(24(21,23)38)31-9-28-12-17(25)26-8-27-18(12)31)13(34)15(35)22(6-4-3-5-11(32)33)14-10(7-40-22)29-20(36)30-14/h8-10,13-14,16,19,34,37-38H,3-7H2,1-2H3,(H,32,33)(H2,25,26,27)(H2,29,30,36)/t10-,13?,14-,16+,19+,22-,23-,24+/m0/s1. The summed E-state index contributed by atoms with van der Waals surface area (Å²) in [6.07, 6.45) is -1.38. The summed E-state index contributed by atoms with van der Waals surface area (Å²) in [4.78, 5) is 49.7. The molecule has 0 aromatic carbocycles. The van der Waals surface area contributed by atoms with Gasteiger partial charge in [-0.3, -0.25) is 14.2 Å². The highest BCUT2D eigenvalue weighted by Gasteiger charge is 2.94. The Balaban J connectivity index is 1.34. The van der Waals surface area contributed by atoms with E-state index in [1.54, 1.807) is 13.8 Å². The maximum absolute atomic E-state index is 14.2. The van der Waals surface area contributed by atoms with Crippen LogP contribution < -0.4 is 16.4 Å². The fourth-order valence-electron chi connectivity index (χ4n) is 6.98. The van der Waals surface area contributed by atoms with Crippen molar-refractivity contribution in [2.75, 3.05) is 11.5 Å². The number of carbonyl (C=O) groups excluding carboxylic acids is 2. The van der Waals surface area contributed by atoms with Crippen LogP contribution in [0.2, 0.25) is 0 Å². The Kier molecular flexibility index (Phi) is 5.92. The first-order chi connectivity index (χ1) is 18.8. The number of hydrogen-bond donors (Lipinski definition) is 7. The number of unbranched alkanes of at least 4 members (excludes halogenated alkanes) is 1. The van der Waals surface area contributed by atoms with Gasteiger partial charge in [0, 0.05) is 17.6 Å². The number of nitrogens with two attached hydrogens (primary N) is 1. The van der Waals surface area contributed by atoms with E-state index in [9.17, 15) is 29.7 Å². The Bertz CT molecular complexity index is 1420. The molecule has 3 aliphatic heterocycles. The van der Waals surface area contributed by atoms with E-state index in [1.807, 2.05) is 0 Å². The van der Waals surface area contributed by atoms with Crippen molar-refractivity contribution in [3.63, 3.8) is 0 Å². The van der Waals surface area contributed by atoms with E-state index >= 15 is 0 Å². The number of rotatable bonds is 9. The largest absolute Gasteiger partial charge is 0.481 e. The summed E-state index contributed by atoms with van der Waals surface area (Å²) < 4.78 is 6.19. The van der Waals surface area contributed by atoms with Crippen molar-refractivity contribution in [1.82, 2.24) is 30.2 Å². The molecule has 0 spiro atoms. The molecule has 0 bridgehead atoms. The average molecular weight is 578 g/mol. The second kappa shape index (κ2) is 8.72. The van der Waals surface area contributed by atoms with Crippen molar-refractivity contribution < 1.29 is 39.5 Å². The summed E-state index contributed by atoms with van der Waals surface area (Å²) in [5, 5.41) is 49.8. The quantitative estimate of drug-likeness (QED) is 0.139. The van der Waals surface area contributed by atoms with E-state index in [4.69, 9.17) is 15.6 Å². The number of Topliss-reactive ketones (excluding diaryl/α,β-unsaturated/α-hetero) is 1. The number of amides is 2. The number of carboxylic acids is 1. The highest BCUT2D eigenvalue weighted by atomic mass is 32.2. The number of nitrogen functional groups attached to an aromatic ring is 1. The number of imidazole rings is 1. The number of aromatic nitrogens is 4. The Morgan fingerprint density at radius 1 is 1.23 bits per heavy atom. The number of nitrogens with zero attached hydrogens (tertiary/aromatic N) is 4. The van der Waals surface area contributed by atoms with Gasteiger partial charge < -0.3 is 41.5 Å². The monoisotopic (exact) mass is 577 g/mol. The zero-order valence-electron chi connectivity index (χ0n) is 21.8. The summed E-state index contributed by atoms with van der Waals surface area (Å²) in [6, 6.07) is -1.47. The van der Waals surface area contributed by atoms with Gasteiger partial charge in [-0.1, -0.05) is 20.3 Å². The van der Waals surface area contributed by atoms with Crippen molar-refractivity contribution in [1.29, 1.82) is 0 Å². The van der Waals surface area contributed by atoms with Crippen molar-refractivity contribution in [2.45, 2.75) is 86.0 Å². The molecule has 2 aromatic rings. The zero-order chi connectivity index (χ0) is 28.8. The number of ketones is 1. The molecular weight excluding hydrogens is 546 g/mol. The minimum Gasteiger partial charge on any atom is -0.481 e. The molecule has 4 aliphatic rings. The number of nitrogens with one attached hydrogen (secondary N) is 2. The number of aliphatic hydroxyl groups excluding tert-OH is 1. The molecule has 16 heteroatoms. The van der Waals surface area contributed by atoms with Crippen molar-refractivity contribution in [2.24, 2.45) is 5.41 Å². The Morgan fingerprint density at radius 3 is 2.70 bits per heavy atom. The number of hydrogen-bond acceptors (Lipinski definition) is 12. The summed E-state index contributed by atoms with van der Waals surface area (Å²) in [7, 11) is 0. The van der Waals surface area contributed by atoms with Crippen LogP contribution in [0.5, 0.6) is 0 Å². The third kappa shape index (κ3) is 3.27. The van der Waals surface area contributed by atoms with Gasteiger partial charge in [-0.25, -0.2) is 19.7 Å². The van der Waals surface area contributed by atoms with E-state index in [-0.39, 0.29) is 35.9 Å². The molecule has 2 amide bonds. The zero-order valence-corrected chi connectivity index (χ0v) is 22.6. The molecule has 3 saturated heterocycles. The third-order valence-electron chi connectivity index (χ3n) is 9.30. The molecule has 5 heterocycles. The van der Waals surface area contributed by atoms with Crippen LogP contribution >= 0.6 is 11.8 Å². The minimum absolute atomic E-state index is 0.0858. The maximum atomic E-state index is 14.2. The number of carbonyl (C=O) groups is 3. The lowest BCUT2D eigenvalue weighted by atomic mass is 9.81. The van der Waals surface area contributed by atoms with Crippen LogP contribution in [0.15, 0.2) is 12.7 Å². The summed E-state index contributed by atoms with van der Waals surface area (Å²) in [6.45, 7) is 3.22. The van der Waals surface area contributed by atoms with Gasteiger partial charge in [-0.15, -0.1) is 11.8 Å². The number of ether oxygens (including phenoxy) is 1. The number of anilines is 1. The van der Waals surface area contributed by atoms with Gasteiger partial charge in [-0.2, -0.15) is 0 Å². The molecule has 1 aliphatic carbocycles. The molecule has 1 saturated carbocycles. The molecule has 2 aromatic heterocycles. The molecule has 8 atom stereocenters. The number of aliphatic carboxylic acids is 1. The molecule has 40 heavy (non-hydrogen) atoms. The van der Waals surface area contributed by atoms with Gasteiger partial charge in [0.25, 0.3) is 0 Å². The van der Waals surface area contributed by atoms with Gasteiger partial charge in [0.15, 0.2) is 23.5 Å². The third-order valence-corrected chi connectivity index (χ3v) is 11.0. The number of urea groups is 1. The van der Waals surface area contributed by atoms with Crippen LogP contribution in [0.3, 0.4) is 0 Å². The SMILES string of the molecule is CC1(C)[C@]2(O)[C@H](n3cnc4c(N)ncnc43)O[C@H](C(O)C(=O)[C@@]3(CCCCC(=O)O)SC[C@@H]4NC(=O)N[C@@H]43)[C@]12O. The van der Waals surface area contributed by atoms with Crippen LogP contribution in [0.1, 0.15) is 45.8 Å². The fourth-order valence-corrected chi connectivity index (χ4v) is 8.69. The predicted molar refractivity (Wildman–Crippen MR) is 139 cm³/mol. The predicted octanol–water partition coefficient (Wildman–Crippen LogP) is -1.08. The van der Waals surface area contributed by atoms with Crippen LogP contribution in [-0.4, -0.2) is 104 Å². The Hall–Kier alpha value is -3.05. The topological polar surface area (TPSA) is 235 Å². The number of fused-ring (bicyclic) bond motifs is 3. The molecule has 4 fully saturated rings. The van der Waals surface area contributed by atoms with Crippen molar-refractivity contribution >= 4 is 46.5 Å². The normalized spacial score (nSPS) is 38.0. The van der Waals surface area contributed by atoms with E-state index < -0.39 is 63.6 Å². The first kappa shape index (κ1) is 27.1. The van der Waals surface area contributed by atoms with E-state index in [0.717, 1.165) is 0 Å². The van der Waals surface area contributed by atoms with Crippen molar-refractivity contribution in [3.8, 4) is 0 Å².